The van der Waals surface area contributed by atoms with Crippen LogP contribution in [0.25, 0.3) is 10.9 Å². The second kappa shape index (κ2) is 11.3. The zero-order chi connectivity index (χ0) is 30.3. The standard InChI is InChI=1S/C27H32ClN9O4S/c1-15-12-19(16(2)31-21-6-7-22(28)32-24(21)25(38)34-42(5,40)41)23-20(13-15)26(39)35(4)27(33-23)36-10-8-18(9-11-36)37-17(3)29-14-30-37/h6-7,12-14,16,18,31H,8-11H2,1-5H3,(H,34,38)/t16-/m1/s1. The molecule has 0 aliphatic carbocycles. The van der Waals surface area contributed by atoms with Gasteiger partial charge in [0, 0.05) is 25.7 Å². The van der Waals surface area contributed by atoms with Crippen LogP contribution < -0.4 is 20.5 Å². The monoisotopic (exact) mass is 613 g/mol. The summed E-state index contributed by atoms with van der Waals surface area (Å²) >= 11 is 6.03. The molecular formula is C27H32ClN9O4S. The van der Waals surface area contributed by atoms with Gasteiger partial charge in [-0.15, -0.1) is 0 Å². The zero-order valence-corrected chi connectivity index (χ0v) is 25.5. The fourth-order valence-electron chi connectivity index (χ4n) is 5.38. The van der Waals surface area contributed by atoms with E-state index in [4.69, 9.17) is 16.6 Å². The number of halogens is 1. The predicted molar refractivity (Wildman–Crippen MR) is 161 cm³/mol. The molecule has 1 saturated heterocycles. The molecule has 42 heavy (non-hydrogen) atoms. The molecule has 1 fully saturated rings. The van der Waals surface area contributed by atoms with Crippen LogP contribution in [0.15, 0.2) is 35.4 Å². The van der Waals surface area contributed by atoms with Gasteiger partial charge in [-0.25, -0.2) is 32.8 Å². The summed E-state index contributed by atoms with van der Waals surface area (Å²) in [6, 6.07) is 6.59. The van der Waals surface area contributed by atoms with Gasteiger partial charge >= 0.3 is 0 Å². The molecule has 0 unspecified atom stereocenters. The van der Waals surface area contributed by atoms with E-state index in [0.29, 0.717) is 29.9 Å². The van der Waals surface area contributed by atoms with E-state index in [2.05, 4.69) is 25.3 Å². The molecule has 1 aliphatic rings. The molecule has 0 saturated carbocycles. The number of carbonyl (C=O) groups excluding carboxylic acids is 1. The van der Waals surface area contributed by atoms with Gasteiger partial charge < -0.3 is 10.2 Å². The number of anilines is 2. The number of hydrogen-bond acceptors (Lipinski definition) is 10. The minimum Gasteiger partial charge on any atom is -0.377 e. The molecule has 4 aromatic rings. The van der Waals surface area contributed by atoms with Gasteiger partial charge in [0.15, 0.2) is 5.69 Å². The Morgan fingerprint density at radius 2 is 1.86 bits per heavy atom. The molecule has 1 atom stereocenters. The quantitative estimate of drug-likeness (QED) is 0.297. The fraction of sp³-hybridized carbons (Fsp3) is 0.407. The molecule has 1 aromatic carbocycles. The summed E-state index contributed by atoms with van der Waals surface area (Å²) in [6.45, 7) is 7.09. The summed E-state index contributed by atoms with van der Waals surface area (Å²) in [6.07, 6.45) is 4.11. The second-order valence-corrected chi connectivity index (χ2v) is 12.7. The van der Waals surface area contributed by atoms with Crippen molar-refractivity contribution < 1.29 is 13.2 Å². The summed E-state index contributed by atoms with van der Waals surface area (Å²) in [5.74, 6) is 0.529. The van der Waals surface area contributed by atoms with Gasteiger partial charge in [0.05, 0.1) is 34.9 Å². The maximum Gasteiger partial charge on any atom is 0.285 e. The molecule has 4 heterocycles. The van der Waals surface area contributed by atoms with E-state index in [1.807, 2.05) is 42.3 Å². The highest BCUT2D eigenvalue weighted by atomic mass is 35.5. The SMILES string of the molecule is Cc1cc([C@@H](C)Nc2ccc(Cl)nc2C(=O)NS(C)(=O)=O)c2nc(N3CCC(n4ncnc4C)CC3)n(C)c(=O)c2c1. The van der Waals surface area contributed by atoms with Gasteiger partial charge in [-0.05, 0) is 57.4 Å². The number of aryl methyl sites for hydroxylation is 2. The third kappa shape index (κ3) is 5.95. The number of rotatable bonds is 7. The van der Waals surface area contributed by atoms with Crippen LogP contribution in [-0.2, 0) is 17.1 Å². The lowest BCUT2D eigenvalue weighted by molar-refractivity contribution is 0.0977. The summed E-state index contributed by atoms with van der Waals surface area (Å²) in [7, 11) is -2.10. The van der Waals surface area contributed by atoms with Crippen molar-refractivity contribution in [1.82, 2.24) is 34.0 Å². The third-order valence-corrected chi connectivity index (χ3v) is 8.14. The van der Waals surface area contributed by atoms with Crippen molar-refractivity contribution in [2.75, 3.05) is 29.6 Å². The number of sulfonamides is 1. The van der Waals surface area contributed by atoms with Crippen molar-refractivity contribution in [2.24, 2.45) is 7.05 Å². The average Bonchev–Trinajstić information content (AvgIpc) is 3.36. The van der Waals surface area contributed by atoms with Crippen molar-refractivity contribution in [1.29, 1.82) is 0 Å². The van der Waals surface area contributed by atoms with Gasteiger partial charge in [-0.1, -0.05) is 17.7 Å². The Labute approximate surface area is 248 Å². The minimum absolute atomic E-state index is 0.0328. The highest BCUT2D eigenvalue weighted by Gasteiger charge is 2.26. The lowest BCUT2D eigenvalue weighted by atomic mass is 10.0. The molecule has 3 aromatic heterocycles. The normalized spacial score (nSPS) is 15.1. The molecule has 15 heteroatoms. The van der Waals surface area contributed by atoms with Gasteiger partial charge in [0.25, 0.3) is 11.5 Å². The number of hydrogen-bond donors (Lipinski definition) is 2. The van der Waals surface area contributed by atoms with E-state index in [0.717, 1.165) is 36.0 Å². The number of fused-ring (bicyclic) bond motifs is 1. The first kappa shape index (κ1) is 29.5. The Morgan fingerprint density at radius 3 is 2.50 bits per heavy atom. The van der Waals surface area contributed by atoms with Gasteiger partial charge in [0.1, 0.15) is 17.3 Å². The van der Waals surface area contributed by atoms with E-state index in [1.54, 1.807) is 24.0 Å². The smallest absolute Gasteiger partial charge is 0.285 e. The molecule has 1 aliphatic heterocycles. The first-order valence-corrected chi connectivity index (χ1v) is 15.7. The fourth-order valence-corrected chi connectivity index (χ4v) is 5.96. The number of carbonyl (C=O) groups is 1. The summed E-state index contributed by atoms with van der Waals surface area (Å²) < 4.78 is 28.8. The van der Waals surface area contributed by atoms with Crippen molar-refractivity contribution in [2.45, 2.75) is 45.7 Å². The molecule has 1 amide bonds. The average molecular weight is 614 g/mol. The first-order chi connectivity index (χ1) is 19.8. The third-order valence-electron chi connectivity index (χ3n) is 7.37. The van der Waals surface area contributed by atoms with Gasteiger partial charge in [-0.2, -0.15) is 5.10 Å². The summed E-state index contributed by atoms with van der Waals surface area (Å²) in [4.78, 5) is 41.7. The highest BCUT2D eigenvalue weighted by molar-refractivity contribution is 7.89. The van der Waals surface area contributed by atoms with E-state index in [-0.39, 0.29) is 28.1 Å². The number of aromatic nitrogens is 6. The predicted octanol–water partition coefficient (Wildman–Crippen LogP) is 2.89. The number of amides is 1. The maximum atomic E-state index is 13.6. The first-order valence-electron chi connectivity index (χ1n) is 13.4. The molecule has 0 spiro atoms. The number of nitrogens with zero attached hydrogens (tertiary/aromatic N) is 7. The second-order valence-electron chi connectivity index (χ2n) is 10.6. The highest BCUT2D eigenvalue weighted by Crippen LogP contribution is 2.30. The Balaban J connectivity index is 1.49. The van der Waals surface area contributed by atoms with Gasteiger partial charge in [0.2, 0.25) is 16.0 Å². The maximum absolute atomic E-state index is 13.6. The van der Waals surface area contributed by atoms with Crippen LogP contribution in [0.5, 0.6) is 0 Å². The summed E-state index contributed by atoms with van der Waals surface area (Å²) in [5, 5.41) is 8.12. The van der Waals surface area contributed by atoms with E-state index in [9.17, 15) is 18.0 Å². The topological polar surface area (TPSA) is 157 Å². The lowest BCUT2D eigenvalue weighted by Crippen LogP contribution is -2.39. The van der Waals surface area contributed by atoms with Crippen LogP contribution in [0, 0.1) is 13.8 Å². The Hall–Kier alpha value is -4.04. The molecule has 0 radical (unpaired) electrons. The van der Waals surface area contributed by atoms with Crippen molar-refractivity contribution in [3.8, 4) is 0 Å². The van der Waals surface area contributed by atoms with E-state index in [1.165, 1.54) is 6.07 Å². The Kier molecular flexibility index (Phi) is 7.94. The molecule has 13 nitrogen and oxygen atoms in total. The molecule has 5 rings (SSSR count). The van der Waals surface area contributed by atoms with Crippen LogP contribution in [0.3, 0.4) is 0 Å². The largest absolute Gasteiger partial charge is 0.377 e. The van der Waals surface area contributed by atoms with Crippen molar-refractivity contribution in [3.63, 3.8) is 0 Å². The van der Waals surface area contributed by atoms with E-state index >= 15 is 0 Å². The number of piperidine rings is 1. The molecule has 2 N–H and O–H groups in total. The number of pyridine rings is 1. The Bertz CT molecular complexity index is 1850. The molecule has 0 bridgehead atoms. The summed E-state index contributed by atoms with van der Waals surface area (Å²) in [5.41, 5.74) is 2.08. The van der Waals surface area contributed by atoms with Crippen LogP contribution >= 0.6 is 11.6 Å². The van der Waals surface area contributed by atoms with Crippen LogP contribution in [0.4, 0.5) is 11.6 Å². The zero-order valence-electron chi connectivity index (χ0n) is 23.9. The lowest BCUT2D eigenvalue weighted by Gasteiger charge is -2.34. The minimum atomic E-state index is -3.83. The molecular weight excluding hydrogens is 582 g/mol. The van der Waals surface area contributed by atoms with Crippen LogP contribution in [0.1, 0.15) is 59.3 Å². The van der Waals surface area contributed by atoms with E-state index < -0.39 is 22.0 Å². The van der Waals surface area contributed by atoms with Gasteiger partial charge in [-0.3, -0.25) is 14.2 Å². The Morgan fingerprint density at radius 1 is 1.14 bits per heavy atom. The van der Waals surface area contributed by atoms with Crippen LogP contribution in [-0.4, -0.2) is 63.0 Å². The van der Waals surface area contributed by atoms with Crippen molar-refractivity contribution >= 4 is 50.1 Å². The number of benzene rings is 1. The molecule has 222 valence electrons. The van der Waals surface area contributed by atoms with Crippen molar-refractivity contribution in [3.05, 3.63) is 68.7 Å². The number of nitrogens with one attached hydrogen (secondary N) is 2. The van der Waals surface area contributed by atoms with Crippen LogP contribution in [0.2, 0.25) is 5.15 Å².